The molecule has 0 bridgehead atoms. The number of carboxylic acids is 1. The van der Waals surface area contributed by atoms with E-state index in [4.69, 9.17) is 10.5 Å². The van der Waals surface area contributed by atoms with E-state index in [1.807, 2.05) is 0 Å². The van der Waals surface area contributed by atoms with Gasteiger partial charge >= 0.3 is 18.9 Å². The number of carbonyl (C=O) groups is 1. The zero-order valence-electron chi connectivity index (χ0n) is 18.4. The Morgan fingerprint density at radius 2 is 1.83 bits per heavy atom. The topological polar surface area (TPSA) is 147 Å². The van der Waals surface area contributed by atoms with Crippen LogP contribution in [-0.2, 0) is 10.0 Å². The molecule has 4 aromatic rings. The molecule has 0 radical (unpaired) electrons. The number of carboxylic acid groups (broad SMARTS) is 1. The van der Waals surface area contributed by atoms with E-state index in [0.29, 0.717) is 28.1 Å². The number of nitrogens with one attached hydrogen (secondary N) is 1. The third kappa shape index (κ3) is 5.19. The van der Waals surface area contributed by atoms with Gasteiger partial charge in [0.1, 0.15) is 28.0 Å². The van der Waals surface area contributed by atoms with E-state index in [-0.39, 0.29) is 41.8 Å². The van der Waals surface area contributed by atoms with Crippen molar-refractivity contribution < 1.29 is 50.7 Å². The number of pyridine rings is 2. The number of rotatable bonds is 6. The maximum atomic E-state index is 14.1. The van der Waals surface area contributed by atoms with Crippen LogP contribution >= 0.6 is 0 Å². The molecular formula is C22H15F2LiN4O5S. The first-order valence-electron chi connectivity index (χ1n) is 9.53. The van der Waals surface area contributed by atoms with Gasteiger partial charge in [-0.05, 0) is 42.0 Å². The van der Waals surface area contributed by atoms with Crippen LogP contribution in [0.3, 0.4) is 0 Å². The minimum absolute atomic E-state index is 0. The normalized spacial score (nSPS) is 11.1. The molecule has 0 unspecified atom stereocenters. The molecule has 2 heterocycles. The van der Waals surface area contributed by atoms with Crippen LogP contribution in [0.2, 0.25) is 0 Å². The fourth-order valence-corrected chi connectivity index (χ4v) is 4.38. The summed E-state index contributed by atoms with van der Waals surface area (Å²) in [6.07, 6.45) is 1.40. The van der Waals surface area contributed by atoms with Crippen LogP contribution in [0.5, 0.6) is 5.88 Å². The summed E-state index contributed by atoms with van der Waals surface area (Å²) in [6.45, 7) is 0. The number of carbonyl (C=O) groups excluding carboxylic acids is 1. The van der Waals surface area contributed by atoms with Gasteiger partial charge in [-0.15, -0.1) is 0 Å². The summed E-state index contributed by atoms with van der Waals surface area (Å²) in [5.41, 5.74) is 6.66. The van der Waals surface area contributed by atoms with E-state index in [1.54, 1.807) is 18.2 Å². The van der Waals surface area contributed by atoms with Crippen LogP contribution in [0, 0.1) is 11.6 Å². The zero-order chi connectivity index (χ0) is 24.6. The molecule has 13 heteroatoms. The second-order valence-electron chi connectivity index (χ2n) is 7.08. The number of nitrogens with two attached hydrogens (primary N) is 1. The number of nitrogens with zero attached hydrogens (tertiary/aromatic N) is 2. The molecule has 0 saturated carbocycles. The number of sulfonamides is 1. The molecule has 0 aliphatic heterocycles. The van der Waals surface area contributed by atoms with Crippen molar-refractivity contribution in [3.8, 4) is 17.0 Å². The van der Waals surface area contributed by atoms with Gasteiger partial charge in [-0.25, -0.2) is 27.2 Å². The number of benzene rings is 2. The van der Waals surface area contributed by atoms with Crippen LogP contribution < -0.4 is 39.2 Å². The molecule has 0 fully saturated rings. The summed E-state index contributed by atoms with van der Waals surface area (Å²) in [4.78, 5) is 18.6. The second kappa shape index (κ2) is 9.87. The number of hydrogen-bond donors (Lipinski definition) is 2. The van der Waals surface area contributed by atoms with Crippen molar-refractivity contribution in [1.82, 2.24) is 9.97 Å². The molecule has 4 rings (SSSR count). The molecule has 2 aromatic carbocycles. The molecule has 0 saturated heterocycles. The van der Waals surface area contributed by atoms with Crippen molar-refractivity contribution in [3.05, 3.63) is 71.9 Å². The number of fused-ring (bicyclic) bond motifs is 1. The largest absolute Gasteiger partial charge is 1.00 e. The van der Waals surface area contributed by atoms with Crippen LogP contribution in [0.1, 0.15) is 10.4 Å². The van der Waals surface area contributed by atoms with Gasteiger partial charge in [0.2, 0.25) is 5.88 Å². The fraction of sp³-hybridized carbons (Fsp3) is 0.0455. The molecule has 0 amide bonds. The first kappa shape index (κ1) is 25.9. The Balaban J connectivity index is 0.00000342. The summed E-state index contributed by atoms with van der Waals surface area (Å²) in [5, 5.41) is 11.7. The second-order valence-corrected chi connectivity index (χ2v) is 8.73. The number of halogens is 2. The number of methoxy groups -OCH3 is 1. The Morgan fingerprint density at radius 3 is 2.49 bits per heavy atom. The van der Waals surface area contributed by atoms with Gasteiger partial charge in [-0.3, -0.25) is 4.72 Å². The third-order valence-corrected chi connectivity index (χ3v) is 6.27. The van der Waals surface area contributed by atoms with Crippen molar-refractivity contribution >= 4 is 38.4 Å². The van der Waals surface area contributed by atoms with Gasteiger partial charge in [-0.1, -0.05) is 6.07 Å². The maximum Gasteiger partial charge on any atom is 1.00 e. The van der Waals surface area contributed by atoms with E-state index in [1.165, 1.54) is 25.4 Å². The van der Waals surface area contributed by atoms with E-state index >= 15 is 0 Å². The molecule has 9 nitrogen and oxygen atoms in total. The number of aromatic carboxylic acids is 1. The Bertz CT molecular complexity index is 1570. The van der Waals surface area contributed by atoms with Crippen molar-refractivity contribution in [2.24, 2.45) is 0 Å². The predicted octanol–water partition coefficient (Wildman–Crippen LogP) is -0.666. The number of nitrogen functional groups attached to an aromatic ring is 1. The van der Waals surface area contributed by atoms with Crippen LogP contribution in [0.25, 0.3) is 22.0 Å². The summed E-state index contributed by atoms with van der Waals surface area (Å²) in [6, 6.07) is 9.64. The standard InChI is InChI=1S/C22H16F2N4O5S.Li/c1-33-21-18(28-34(31,32)19-5-3-14(23)9-16(19)24)8-13(10-26-21)11-2-4-17-12(6-11)7-15(22(29)30)20(25)27-17;/h2-10,28H,1H3,(H2,25,27)(H,29,30);/q;+1/p-1. The predicted molar refractivity (Wildman–Crippen MR) is 117 cm³/mol. The Kier molecular flexibility index (Phi) is 7.30. The van der Waals surface area contributed by atoms with Crippen LogP contribution in [-0.4, -0.2) is 31.5 Å². The molecule has 35 heavy (non-hydrogen) atoms. The van der Waals surface area contributed by atoms with Gasteiger partial charge < -0.3 is 20.4 Å². The fourth-order valence-electron chi connectivity index (χ4n) is 3.27. The van der Waals surface area contributed by atoms with Crippen molar-refractivity contribution in [2.75, 3.05) is 17.6 Å². The average Bonchev–Trinajstić information content (AvgIpc) is 2.77. The summed E-state index contributed by atoms with van der Waals surface area (Å²) in [5.74, 6) is -3.94. The Labute approximate surface area is 210 Å². The molecule has 174 valence electrons. The van der Waals surface area contributed by atoms with Crippen molar-refractivity contribution in [3.63, 3.8) is 0 Å². The molecule has 0 aliphatic rings. The SMILES string of the molecule is COc1ncc(-c2ccc3nc(N)c(C(=O)[O-])cc3c2)cc1NS(=O)(=O)c1ccc(F)cc1F.[Li+]. The van der Waals surface area contributed by atoms with E-state index in [0.717, 1.165) is 12.1 Å². The van der Waals surface area contributed by atoms with Gasteiger partial charge in [0.05, 0.1) is 18.6 Å². The van der Waals surface area contributed by atoms with Crippen molar-refractivity contribution in [2.45, 2.75) is 4.90 Å². The average molecular weight is 492 g/mol. The van der Waals surface area contributed by atoms with Crippen LogP contribution in [0.4, 0.5) is 20.3 Å². The van der Waals surface area contributed by atoms with Crippen LogP contribution in [0.15, 0.2) is 59.6 Å². The smallest absolute Gasteiger partial charge is 0.545 e. The third-order valence-electron chi connectivity index (χ3n) is 4.87. The van der Waals surface area contributed by atoms with Crippen molar-refractivity contribution in [1.29, 1.82) is 0 Å². The first-order valence-corrected chi connectivity index (χ1v) is 11.0. The summed E-state index contributed by atoms with van der Waals surface area (Å²) < 4.78 is 60.0. The van der Waals surface area contributed by atoms with E-state index < -0.39 is 32.5 Å². The minimum atomic E-state index is -4.45. The minimum Gasteiger partial charge on any atom is -0.545 e. The van der Waals surface area contributed by atoms with Gasteiger partial charge in [0.15, 0.2) is 0 Å². The Morgan fingerprint density at radius 1 is 1.09 bits per heavy atom. The maximum absolute atomic E-state index is 14.1. The van der Waals surface area contributed by atoms with E-state index in [2.05, 4.69) is 14.7 Å². The van der Waals surface area contributed by atoms with Gasteiger partial charge in [0, 0.05) is 28.8 Å². The molecule has 2 aromatic heterocycles. The first-order chi connectivity index (χ1) is 16.1. The van der Waals surface area contributed by atoms with Gasteiger partial charge in [-0.2, -0.15) is 0 Å². The monoisotopic (exact) mass is 492 g/mol. The molecular weight excluding hydrogens is 477 g/mol. The number of ether oxygens (including phenoxy) is 1. The molecule has 3 N–H and O–H groups in total. The number of anilines is 2. The molecule has 0 atom stereocenters. The molecule has 0 spiro atoms. The van der Waals surface area contributed by atoms with E-state index in [9.17, 15) is 27.1 Å². The van der Waals surface area contributed by atoms with Gasteiger partial charge in [0.25, 0.3) is 10.0 Å². The number of aromatic nitrogens is 2. The quantitative estimate of drug-likeness (QED) is 0.337. The molecule has 0 aliphatic carbocycles. The number of hydrogen-bond acceptors (Lipinski definition) is 8. The summed E-state index contributed by atoms with van der Waals surface area (Å²) in [7, 11) is -3.18. The Hall–Kier alpha value is -3.72. The zero-order valence-corrected chi connectivity index (χ0v) is 19.2. The summed E-state index contributed by atoms with van der Waals surface area (Å²) >= 11 is 0.